The van der Waals surface area contributed by atoms with Gasteiger partial charge in [0.1, 0.15) is 6.42 Å². The Kier molecular flexibility index (Phi) is 4.93. The zero-order chi connectivity index (χ0) is 12.8. The normalized spacial score (nSPS) is 15.9. The highest BCUT2D eigenvalue weighted by Gasteiger charge is 2.21. The second-order valence-corrected chi connectivity index (χ2v) is 4.42. The van der Waals surface area contributed by atoms with Gasteiger partial charge in [0.05, 0.1) is 0 Å². The number of nitrogens with one attached hydrogen (secondary N) is 1. The van der Waals surface area contributed by atoms with E-state index in [4.69, 9.17) is 0 Å². The molecule has 6 heteroatoms. The highest BCUT2D eigenvalue weighted by atomic mass is 16.2. The minimum absolute atomic E-state index is 0.0437. The van der Waals surface area contributed by atoms with Crippen LogP contribution in [0, 0.1) is 0 Å². The van der Waals surface area contributed by atoms with E-state index in [0.717, 1.165) is 6.41 Å². The minimum Gasteiger partial charge on any atom is -0.353 e. The summed E-state index contributed by atoms with van der Waals surface area (Å²) >= 11 is 0. The monoisotopic (exact) mass is 241 g/mol. The molecule has 1 N–H and O–H groups in total. The molecule has 0 radical (unpaired) electrons. The standard InChI is InChI=1S/C11H19N3O3/c1-9(2)12-10(16)7-11(17)14-5-3-13(8-15)4-6-14/h8-9H,3-7H2,1-2H3,(H,12,16). The molecule has 0 spiro atoms. The SMILES string of the molecule is CC(C)NC(=O)CC(=O)N1CCN(C=O)CC1. The molecule has 0 aromatic carbocycles. The molecule has 17 heavy (non-hydrogen) atoms. The van der Waals surface area contributed by atoms with Crippen LogP contribution >= 0.6 is 0 Å². The Bertz CT molecular complexity index is 296. The molecule has 96 valence electrons. The van der Waals surface area contributed by atoms with Crippen molar-refractivity contribution in [3.8, 4) is 0 Å². The summed E-state index contributed by atoms with van der Waals surface area (Å²) in [5, 5.41) is 2.68. The third-order valence-corrected chi connectivity index (χ3v) is 2.58. The molecule has 3 amide bonds. The second-order valence-electron chi connectivity index (χ2n) is 4.42. The number of hydrogen-bond acceptors (Lipinski definition) is 3. The molecule has 1 rings (SSSR count). The topological polar surface area (TPSA) is 69.7 Å². The van der Waals surface area contributed by atoms with Crippen LogP contribution in [-0.4, -0.2) is 60.2 Å². The van der Waals surface area contributed by atoms with Crippen LogP contribution in [0.25, 0.3) is 0 Å². The van der Waals surface area contributed by atoms with E-state index >= 15 is 0 Å². The first-order valence-electron chi connectivity index (χ1n) is 5.79. The van der Waals surface area contributed by atoms with Gasteiger partial charge in [-0.2, -0.15) is 0 Å². The smallest absolute Gasteiger partial charge is 0.232 e. The van der Waals surface area contributed by atoms with E-state index in [9.17, 15) is 14.4 Å². The molecule has 0 atom stereocenters. The van der Waals surface area contributed by atoms with Gasteiger partial charge in [0.25, 0.3) is 0 Å². The molecule has 0 saturated carbocycles. The highest BCUT2D eigenvalue weighted by Crippen LogP contribution is 2.02. The van der Waals surface area contributed by atoms with Crippen molar-refractivity contribution in [2.75, 3.05) is 26.2 Å². The lowest BCUT2D eigenvalue weighted by Crippen LogP contribution is -2.49. The largest absolute Gasteiger partial charge is 0.353 e. The summed E-state index contributed by atoms with van der Waals surface area (Å²) in [6.45, 7) is 5.80. The molecule has 0 aromatic rings. The summed E-state index contributed by atoms with van der Waals surface area (Å²) < 4.78 is 0. The van der Waals surface area contributed by atoms with Gasteiger partial charge in [-0.15, -0.1) is 0 Å². The van der Waals surface area contributed by atoms with Crippen molar-refractivity contribution in [3.63, 3.8) is 0 Å². The maximum Gasteiger partial charge on any atom is 0.232 e. The van der Waals surface area contributed by atoms with E-state index in [-0.39, 0.29) is 24.3 Å². The summed E-state index contributed by atoms with van der Waals surface area (Å²) in [4.78, 5) is 36.9. The van der Waals surface area contributed by atoms with E-state index in [0.29, 0.717) is 26.2 Å². The number of nitrogens with zero attached hydrogens (tertiary/aromatic N) is 2. The van der Waals surface area contributed by atoms with Gasteiger partial charge < -0.3 is 15.1 Å². The second kappa shape index (κ2) is 6.22. The highest BCUT2D eigenvalue weighted by molar-refractivity contribution is 5.97. The van der Waals surface area contributed by atoms with Crippen LogP contribution in [0.5, 0.6) is 0 Å². The summed E-state index contributed by atoms with van der Waals surface area (Å²) in [7, 11) is 0. The zero-order valence-corrected chi connectivity index (χ0v) is 10.3. The van der Waals surface area contributed by atoms with Crippen molar-refractivity contribution in [2.45, 2.75) is 26.3 Å². The van der Waals surface area contributed by atoms with Gasteiger partial charge in [0.2, 0.25) is 18.2 Å². The molecule has 0 bridgehead atoms. The van der Waals surface area contributed by atoms with Gasteiger partial charge in [0.15, 0.2) is 0 Å². The molecule has 0 aliphatic carbocycles. The fraction of sp³-hybridized carbons (Fsp3) is 0.727. The summed E-state index contributed by atoms with van der Waals surface area (Å²) in [5.41, 5.74) is 0. The van der Waals surface area contributed by atoms with Crippen LogP contribution < -0.4 is 5.32 Å². The maximum absolute atomic E-state index is 11.7. The average Bonchev–Trinajstić information content (AvgIpc) is 2.28. The molecule has 1 fully saturated rings. The maximum atomic E-state index is 11.7. The first-order chi connectivity index (χ1) is 8.02. The van der Waals surface area contributed by atoms with E-state index < -0.39 is 0 Å². The molecule has 1 saturated heterocycles. The fourth-order valence-electron chi connectivity index (χ4n) is 1.70. The lowest BCUT2D eigenvalue weighted by Gasteiger charge is -2.32. The minimum atomic E-state index is -0.247. The zero-order valence-electron chi connectivity index (χ0n) is 10.3. The molecular formula is C11H19N3O3. The lowest BCUT2D eigenvalue weighted by molar-refractivity contribution is -0.139. The fourth-order valence-corrected chi connectivity index (χ4v) is 1.70. The first kappa shape index (κ1) is 13.5. The molecule has 6 nitrogen and oxygen atoms in total. The number of carbonyl (C=O) groups excluding carboxylic acids is 3. The molecule has 0 unspecified atom stereocenters. The van der Waals surface area contributed by atoms with Gasteiger partial charge in [0, 0.05) is 32.2 Å². The van der Waals surface area contributed by atoms with Crippen LogP contribution in [-0.2, 0) is 14.4 Å². The Morgan fingerprint density at radius 2 is 1.82 bits per heavy atom. The Morgan fingerprint density at radius 3 is 2.29 bits per heavy atom. The third-order valence-electron chi connectivity index (χ3n) is 2.58. The number of carbonyl (C=O) groups is 3. The summed E-state index contributed by atoms with van der Waals surface area (Å²) in [6.07, 6.45) is 0.673. The Hall–Kier alpha value is -1.59. The van der Waals surface area contributed by atoms with Crippen molar-refractivity contribution in [3.05, 3.63) is 0 Å². The van der Waals surface area contributed by atoms with Crippen molar-refractivity contribution >= 4 is 18.2 Å². The molecule has 1 aliphatic rings. The van der Waals surface area contributed by atoms with E-state index in [1.807, 2.05) is 13.8 Å². The Labute approximate surface area is 101 Å². The number of hydrogen-bond donors (Lipinski definition) is 1. The lowest BCUT2D eigenvalue weighted by atomic mass is 10.2. The third kappa shape index (κ3) is 4.42. The summed E-state index contributed by atoms with van der Waals surface area (Å²) in [5.74, 6) is -0.420. The molecule has 1 heterocycles. The van der Waals surface area contributed by atoms with Crippen molar-refractivity contribution in [2.24, 2.45) is 0 Å². The van der Waals surface area contributed by atoms with Crippen LogP contribution in [0.2, 0.25) is 0 Å². The van der Waals surface area contributed by atoms with Gasteiger partial charge in [-0.05, 0) is 13.8 Å². The van der Waals surface area contributed by atoms with Crippen LogP contribution in [0.1, 0.15) is 20.3 Å². The number of amides is 3. The van der Waals surface area contributed by atoms with Crippen LogP contribution in [0.3, 0.4) is 0 Å². The predicted molar refractivity (Wildman–Crippen MR) is 62.1 cm³/mol. The van der Waals surface area contributed by atoms with Gasteiger partial charge in [-0.3, -0.25) is 14.4 Å². The number of rotatable bonds is 4. The summed E-state index contributed by atoms with van der Waals surface area (Å²) in [6, 6.07) is 0.0437. The quantitative estimate of drug-likeness (QED) is 0.517. The molecular weight excluding hydrogens is 222 g/mol. The van der Waals surface area contributed by atoms with Gasteiger partial charge in [-0.25, -0.2) is 0 Å². The van der Waals surface area contributed by atoms with Gasteiger partial charge in [-0.1, -0.05) is 0 Å². The van der Waals surface area contributed by atoms with E-state index in [1.165, 1.54) is 0 Å². The van der Waals surface area contributed by atoms with Crippen LogP contribution in [0.4, 0.5) is 0 Å². The van der Waals surface area contributed by atoms with Crippen molar-refractivity contribution in [1.29, 1.82) is 0 Å². The first-order valence-corrected chi connectivity index (χ1v) is 5.79. The predicted octanol–water partition coefficient (Wildman–Crippen LogP) is -0.798. The Morgan fingerprint density at radius 1 is 1.24 bits per heavy atom. The molecule has 1 aliphatic heterocycles. The van der Waals surface area contributed by atoms with Crippen molar-refractivity contribution in [1.82, 2.24) is 15.1 Å². The van der Waals surface area contributed by atoms with Gasteiger partial charge >= 0.3 is 0 Å². The van der Waals surface area contributed by atoms with E-state index in [2.05, 4.69) is 5.32 Å². The van der Waals surface area contributed by atoms with E-state index in [1.54, 1.807) is 9.80 Å². The number of piperazine rings is 1. The molecule has 0 aromatic heterocycles. The van der Waals surface area contributed by atoms with Crippen molar-refractivity contribution < 1.29 is 14.4 Å². The Balaban J connectivity index is 2.34. The average molecular weight is 241 g/mol. The van der Waals surface area contributed by atoms with Crippen LogP contribution in [0.15, 0.2) is 0 Å².